The molecule has 0 radical (unpaired) electrons. The monoisotopic (exact) mass is 259 g/mol. The zero-order chi connectivity index (χ0) is 13.3. The molecule has 0 atom stereocenters. The summed E-state index contributed by atoms with van der Waals surface area (Å²) in [5.41, 5.74) is 1.12. The van der Waals surface area contributed by atoms with Crippen LogP contribution >= 0.6 is 0 Å². The predicted octanol–water partition coefficient (Wildman–Crippen LogP) is 2.60. The number of rotatable bonds is 8. The van der Waals surface area contributed by atoms with Gasteiger partial charge in [0, 0.05) is 50.0 Å². The summed E-state index contributed by atoms with van der Waals surface area (Å²) < 4.78 is 2.11. The van der Waals surface area contributed by atoms with E-state index in [0.717, 1.165) is 44.0 Å². The van der Waals surface area contributed by atoms with Crippen LogP contribution in [-0.4, -0.2) is 27.6 Å². The topological polar surface area (TPSA) is 54.8 Å². The van der Waals surface area contributed by atoms with Gasteiger partial charge in [0.25, 0.3) is 0 Å². The van der Waals surface area contributed by atoms with Gasteiger partial charge in [-0.25, -0.2) is 9.97 Å². The summed E-state index contributed by atoms with van der Waals surface area (Å²) in [6.45, 7) is 4.96. The first-order valence-electron chi connectivity index (χ1n) is 6.78. The molecule has 0 aliphatic carbocycles. The van der Waals surface area contributed by atoms with Gasteiger partial charge in [0.15, 0.2) is 0 Å². The number of imidazole rings is 1. The second kappa shape index (κ2) is 7.41. The van der Waals surface area contributed by atoms with Crippen molar-refractivity contribution in [3.8, 4) is 0 Å². The summed E-state index contributed by atoms with van der Waals surface area (Å²) in [6, 6.07) is 4.04. The lowest BCUT2D eigenvalue weighted by molar-refractivity contribution is 0.621. The molecule has 0 bridgehead atoms. The van der Waals surface area contributed by atoms with Crippen molar-refractivity contribution in [2.75, 3.05) is 23.7 Å². The van der Waals surface area contributed by atoms with Gasteiger partial charge in [-0.05, 0) is 25.8 Å². The quantitative estimate of drug-likeness (QED) is 0.715. The van der Waals surface area contributed by atoms with E-state index in [4.69, 9.17) is 0 Å². The van der Waals surface area contributed by atoms with Crippen LogP contribution in [0.4, 0.5) is 11.5 Å². The van der Waals surface area contributed by atoms with Gasteiger partial charge in [-0.1, -0.05) is 0 Å². The van der Waals surface area contributed by atoms with Crippen LogP contribution in [0.1, 0.15) is 19.8 Å². The molecule has 5 heteroatoms. The molecule has 5 nitrogen and oxygen atoms in total. The van der Waals surface area contributed by atoms with Crippen molar-refractivity contribution in [3.05, 3.63) is 37.1 Å². The minimum absolute atomic E-state index is 0.890. The molecular formula is C14H21N5. The molecule has 102 valence electrons. The van der Waals surface area contributed by atoms with Crippen LogP contribution in [0.5, 0.6) is 0 Å². The smallest absolute Gasteiger partial charge is 0.127 e. The molecule has 0 aromatic carbocycles. The maximum absolute atomic E-state index is 4.25. The number of hydrogen-bond donors (Lipinski definition) is 2. The zero-order valence-corrected chi connectivity index (χ0v) is 11.3. The third-order valence-corrected chi connectivity index (χ3v) is 2.85. The molecule has 0 amide bonds. The van der Waals surface area contributed by atoms with Gasteiger partial charge in [-0.15, -0.1) is 0 Å². The molecule has 0 saturated heterocycles. The average molecular weight is 259 g/mol. The molecule has 0 fully saturated rings. The van der Waals surface area contributed by atoms with Gasteiger partial charge in [0.2, 0.25) is 0 Å². The van der Waals surface area contributed by atoms with E-state index < -0.39 is 0 Å². The van der Waals surface area contributed by atoms with Crippen LogP contribution < -0.4 is 10.6 Å². The number of aromatic nitrogens is 3. The normalized spacial score (nSPS) is 10.4. The number of nitrogens with zero attached hydrogens (tertiary/aromatic N) is 3. The molecule has 0 saturated carbocycles. The number of anilines is 2. The Morgan fingerprint density at radius 2 is 2.16 bits per heavy atom. The standard InChI is InChI=1S/C14H21N5/c1-2-16-14-11-13(5-7-18-14)17-6-3-4-9-19-10-8-15-12-19/h5,7-8,10-12H,2-4,6,9H2,1H3,(H2,16,17,18). The lowest BCUT2D eigenvalue weighted by Gasteiger charge is -2.08. The molecule has 0 spiro atoms. The van der Waals surface area contributed by atoms with Gasteiger partial charge in [-0.3, -0.25) is 0 Å². The summed E-state index contributed by atoms with van der Waals surface area (Å²) in [5.74, 6) is 0.922. The second-order valence-electron chi connectivity index (χ2n) is 4.39. The van der Waals surface area contributed by atoms with Crippen molar-refractivity contribution < 1.29 is 0 Å². The SMILES string of the molecule is CCNc1cc(NCCCCn2ccnc2)ccn1. The first-order chi connectivity index (χ1) is 9.38. The highest BCUT2D eigenvalue weighted by atomic mass is 15.0. The van der Waals surface area contributed by atoms with Gasteiger partial charge in [0.1, 0.15) is 5.82 Å². The highest BCUT2D eigenvalue weighted by molar-refractivity contribution is 5.51. The number of unbranched alkanes of at least 4 members (excludes halogenated alkanes) is 1. The molecular weight excluding hydrogens is 238 g/mol. The number of pyridine rings is 1. The molecule has 2 N–H and O–H groups in total. The largest absolute Gasteiger partial charge is 0.385 e. The minimum Gasteiger partial charge on any atom is -0.385 e. The molecule has 0 aliphatic heterocycles. The fourth-order valence-electron chi connectivity index (χ4n) is 1.89. The van der Waals surface area contributed by atoms with E-state index in [1.165, 1.54) is 0 Å². The Hall–Kier alpha value is -2.04. The Bertz CT molecular complexity index is 466. The molecule has 19 heavy (non-hydrogen) atoms. The summed E-state index contributed by atoms with van der Waals surface area (Å²) >= 11 is 0. The van der Waals surface area contributed by atoms with E-state index in [9.17, 15) is 0 Å². The van der Waals surface area contributed by atoms with Crippen molar-refractivity contribution >= 4 is 11.5 Å². The maximum Gasteiger partial charge on any atom is 0.127 e. The van der Waals surface area contributed by atoms with Crippen molar-refractivity contribution in [3.63, 3.8) is 0 Å². The molecule has 2 heterocycles. The average Bonchev–Trinajstić information content (AvgIpc) is 2.92. The first kappa shape index (κ1) is 13.4. The van der Waals surface area contributed by atoms with Gasteiger partial charge in [0.05, 0.1) is 6.33 Å². The van der Waals surface area contributed by atoms with Gasteiger partial charge < -0.3 is 15.2 Å². The lowest BCUT2D eigenvalue weighted by Crippen LogP contribution is -2.05. The van der Waals surface area contributed by atoms with Gasteiger partial charge in [-0.2, -0.15) is 0 Å². The first-order valence-corrected chi connectivity index (χ1v) is 6.78. The third-order valence-electron chi connectivity index (χ3n) is 2.85. The number of aryl methyl sites for hydroxylation is 1. The highest BCUT2D eigenvalue weighted by Gasteiger charge is 1.96. The summed E-state index contributed by atoms with van der Waals surface area (Å²) in [5, 5.41) is 6.63. The molecule has 0 unspecified atom stereocenters. The van der Waals surface area contributed by atoms with Crippen LogP contribution in [0.3, 0.4) is 0 Å². The summed E-state index contributed by atoms with van der Waals surface area (Å²) in [6.07, 6.45) is 9.78. The molecule has 2 rings (SSSR count). The van der Waals surface area contributed by atoms with Crippen molar-refractivity contribution in [2.24, 2.45) is 0 Å². The maximum atomic E-state index is 4.25. The molecule has 0 aliphatic rings. The van der Waals surface area contributed by atoms with Crippen LogP contribution in [0.2, 0.25) is 0 Å². The Morgan fingerprint density at radius 1 is 1.21 bits per heavy atom. The predicted molar refractivity (Wildman–Crippen MR) is 78.4 cm³/mol. The van der Waals surface area contributed by atoms with Crippen LogP contribution in [0, 0.1) is 0 Å². The zero-order valence-electron chi connectivity index (χ0n) is 11.3. The van der Waals surface area contributed by atoms with E-state index in [1.54, 1.807) is 0 Å². The van der Waals surface area contributed by atoms with E-state index in [1.807, 2.05) is 37.1 Å². The van der Waals surface area contributed by atoms with E-state index in [-0.39, 0.29) is 0 Å². The van der Waals surface area contributed by atoms with Crippen molar-refractivity contribution in [1.82, 2.24) is 14.5 Å². The van der Waals surface area contributed by atoms with E-state index in [2.05, 4.69) is 32.1 Å². The van der Waals surface area contributed by atoms with Crippen LogP contribution in [0.15, 0.2) is 37.1 Å². The van der Waals surface area contributed by atoms with Crippen LogP contribution in [-0.2, 0) is 6.54 Å². The Labute approximate surface area is 114 Å². The second-order valence-corrected chi connectivity index (χ2v) is 4.39. The molecule has 2 aromatic heterocycles. The van der Waals surface area contributed by atoms with E-state index in [0.29, 0.717) is 0 Å². The minimum atomic E-state index is 0.890. The third kappa shape index (κ3) is 4.62. The number of nitrogens with one attached hydrogen (secondary N) is 2. The Balaban J connectivity index is 1.66. The van der Waals surface area contributed by atoms with Crippen molar-refractivity contribution in [2.45, 2.75) is 26.3 Å². The van der Waals surface area contributed by atoms with Crippen molar-refractivity contribution in [1.29, 1.82) is 0 Å². The summed E-state index contributed by atoms with van der Waals surface area (Å²) in [4.78, 5) is 8.28. The van der Waals surface area contributed by atoms with E-state index >= 15 is 0 Å². The van der Waals surface area contributed by atoms with Gasteiger partial charge >= 0.3 is 0 Å². The number of hydrogen-bond acceptors (Lipinski definition) is 4. The highest BCUT2D eigenvalue weighted by Crippen LogP contribution is 2.11. The Kier molecular flexibility index (Phi) is 5.22. The summed E-state index contributed by atoms with van der Waals surface area (Å²) in [7, 11) is 0. The Morgan fingerprint density at radius 3 is 2.95 bits per heavy atom. The molecule has 2 aromatic rings. The fourth-order valence-corrected chi connectivity index (χ4v) is 1.89. The van der Waals surface area contributed by atoms with Crippen LogP contribution in [0.25, 0.3) is 0 Å². The lowest BCUT2D eigenvalue weighted by atomic mass is 10.3. The fraction of sp³-hybridized carbons (Fsp3) is 0.429.